The molecule has 76 valence electrons. The van der Waals surface area contributed by atoms with Crippen LogP contribution in [0.2, 0.25) is 0 Å². The van der Waals surface area contributed by atoms with Gasteiger partial charge < -0.3 is 0 Å². The molecule has 0 aliphatic rings. The highest BCUT2D eigenvalue weighted by Crippen LogP contribution is 1.92. The Bertz CT molecular complexity index is 445. The van der Waals surface area contributed by atoms with Crippen LogP contribution < -0.4 is 4.68 Å². The van der Waals surface area contributed by atoms with E-state index in [-0.39, 0.29) is 0 Å². The zero-order valence-corrected chi connectivity index (χ0v) is 8.61. The van der Waals surface area contributed by atoms with Crippen molar-refractivity contribution in [2.75, 3.05) is 0 Å². The molecule has 2 rings (SSSR count). The third-order valence-electron chi connectivity index (χ3n) is 2.03. The Labute approximate surface area is 88.5 Å². The van der Waals surface area contributed by atoms with E-state index < -0.39 is 0 Å². The monoisotopic (exact) mass is 201 g/mol. The summed E-state index contributed by atoms with van der Waals surface area (Å²) in [5.74, 6) is 0. The molecule has 0 aliphatic carbocycles. The predicted molar refractivity (Wildman–Crippen MR) is 57.5 cm³/mol. The van der Waals surface area contributed by atoms with Gasteiger partial charge in [0, 0.05) is 5.10 Å². The van der Waals surface area contributed by atoms with Crippen molar-refractivity contribution in [2.24, 2.45) is 5.10 Å². The topological polar surface area (TPSA) is 34.1 Å². The summed E-state index contributed by atoms with van der Waals surface area (Å²) in [5.41, 5.74) is 1.08. The number of hydrogen-bond acceptors (Lipinski definition) is 2. The molecule has 0 saturated carbocycles. The van der Waals surface area contributed by atoms with Crippen LogP contribution in [0.3, 0.4) is 0 Å². The van der Waals surface area contributed by atoms with Gasteiger partial charge in [-0.05, 0) is 12.5 Å². The van der Waals surface area contributed by atoms with Gasteiger partial charge in [-0.15, -0.1) is 14.5 Å². The lowest BCUT2D eigenvalue weighted by Crippen LogP contribution is -2.24. The smallest absolute Gasteiger partial charge is 0.113 e. The molecule has 15 heavy (non-hydrogen) atoms. The van der Waals surface area contributed by atoms with Crippen LogP contribution in [0, 0.1) is 0 Å². The van der Waals surface area contributed by atoms with Crippen molar-refractivity contribution in [3.63, 3.8) is 0 Å². The second-order valence-corrected chi connectivity index (χ2v) is 3.14. The molecule has 0 saturated heterocycles. The molecule has 0 fully saturated rings. The summed E-state index contributed by atoms with van der Waals surface area (Å²) in [7, 11) is 0. The van der Waals surface area contributed by atoms with Gasteiger partial charge in [-0.3, -0.25) is 0 Å². The third kappa shape index (κ3) is 2.49. The molecule has 0 unspecified atom stereocenters. The van der Waals surface area contributed by atoms with Crippen molar-refractivity contribution in [1.82, 2.24) is 9.78 Å². The van der Waals surface area contributed by atoms with Crippen molar-refractivity contribution < 1.29 is 4.68 Å². The lowest BCUT2D eigenvalue weighted by Gasteiger charge is -1.88. The first-order chi connectivity index (χ1) is 7.38. The normalized spacial score (nSPS) is 11.0. The minimum absolute atomic E-state index is 0.855. The van der Waals surface area contributed by atoms with Crippen molar-refractivity contribution in [2.45, 2.75) is 13.5 Å². The van der Waals surface area contributed by atoms with Crippen LogP contribution in [0.5, 0.6) is 0 Å². The molecule has 2 aromatic rings. The first kappa shape index (κ1) is 9.58. The quantitative estimate of drug-likeness (QED) is 0.540. The molecule has 4 nitrogen and oxygen atoms in total. The van der Waals surface area contributed by atoms with Gasteiger partial charge in [0.2, 0.25) is 6.33 Å². The van der Waals surface area contributed by atoms with Crippen molar-refractivity contribution in [3.8, 4) is 0 Å². The first-order valence-corrected chi connectivity index (χ1v) is 4.91. The molecular weight excluding hydrogens is 188 g/mol. The summed E-state index contributed by atoms with van der Waals surface area (Å²) in [6.45, 7) is 2.89. The van der Waals surface area contributed by atoms with Crippen LogP contribution >= 0.6 is 0 Å². The second-order valence-electron chi connectivity index (χ2n) is 3.14. The largest absolute Gasteiger partial charge is 0.288 e. The van der Waals surface area contributed by atoms with Gasteiger partial charge in [0.05, 0.1) is 6.21 Å². The highest BCUT2D eigenvalue weighted by atomic mass is 15.5. The molecule has 0 bridgehead atoms. The number of rotatable bonds is 3. The average Bonchev–Trinajstić information content (AvgIpc) is 2.76. The van der Waals surface area contributed by atoms with E-state index in [4.69, 9.17) is 0 Å². The summed E-state index contributed by atoms with van der Waals surface area (Å²) in [4.78, 5) is 0. The van der Waals surface area contributed by atoms with E-state index in [1.54, 1.807) is 11.0 Å². The lowest BCUT2D eigenvalue weighted by molar-refractivity contribution is -0.679. The highest BCUT2D eigenvalue weighted by Gasteiger charge is 2.00. The number of nitrogens with zero attached hydrogens (tertiary/aromatic N) is 4. The fraction of sp³-hybridized carbons (Fsp3) is 0.182. The van der Waals surface area contributed by atoms with E-state index in [2.05, 4.69) is 10.2 Å². The summed E-state index contributed by atoms with van der Waals surface area (Å²) >= 11 is 0. The van der Waals surface area contributed by atoms with Crippen LogP contribution in [0.1, 0.15) is 12.5 Å². The standard InChI is InChI=1S/C11H13N4/c1-2-14-10-15(9-13-14)12-8-11-6-4-3-5-7-11/h3-10H,2H2,1H3/q+1/b12-8+. The van der Waals surface area contributed by atoms with Gasteiger partial charge in [-0.25, -0.2) is 0 Å². The minimum atomic E-state index is 0.855. The fourth-order valence-corrected chi connectivity index (χ4v) is 1.21. The molecule has 4 heteroatoms. The van der Waals surface area contributed by atoms with Gasteiger partial charge in [-0.2, -0.15) is 0 Å². The predicted octanol–water partition coefficient (Wildman–Crippen LogP) is 1.07. The van der Waals surface area contributed by atoms with Gasteiger partial charge >= 0.3 is 0 Å². The third-order valence-corrected chi connectivity index (χ3v) is 2.03. The molecule has 0 amide bonds. The summed E-state index contributed by atoms with van der Waals surface area (Å²) in [6, 6.07) is 9.98. The van der Waals surface area contributed by atoms with E-state index in [0.29, 0.717) is 0 Å². The Balaban J connectivity index is 2.11. The zero-order chi connectivity index (χ0) is 10.5. The maximum absolute atomic E-state index is 4.25. The molecular formula is C11H13N4+. The van der Waals surface area contributed by atoms with E-state index in [1.165, 1.54) is 0 Å². The molecule has 1 aromatic carbocycles. The van der Waals surface area contributed by atoms with Crippen LogP contribution in [0.25, 0.3) is 0 Å². The summed E-state index contributed by atoms with van der Waals surface area (Å²) in [5, 5.41) is 8.37. The van der Waals surface area contributed by atoms with E-state index >= 15 is 0 Å². The molecule has 0 N–H and O–H groups in total. The van der Waals surface area contributed by atoms with Crippen molar-refractivity contribution in [3.05, 3.63) is 48.5 Å². The number of benzene rings is 1. The maximum atomic E-state index is 4.25. The van der Waals surface area contributed by atoms with Gasteiger partial charge in [0.1, 0.15) is 6.54 Å². The van der Waals surface area contributed by atoms with Crippen molar-refractivity contribution in [1.29, 1.82) is 0 Å². The second kappa shape index (κ2) is 4.50. The fourth-order valence-electron chi connectivity index (χ4n) is 1.21. The van der Waals surface area contributed by atoms with Crippen molar-refractivity contribution >= 4 is 6.21 Å². The Morgan fingerprint density at radius 1 is 1.40 bits per heavy atom. The van der Waals surface area contributed by atoms with E-state index in [9.17, 15) is 0 Å². The van der Waals surface area contributed by atoms with E-state index in [1.807, 2.05) is 54.5 Å². The molecule has 0 radical (unpaired) electrons. The Morgan fingerprint density at radius 2 is 2.20 bits per heavy atom. The van der Waals surface area contributed by atoms with Crippen LogP contribution in [-0.2, 0) is 6.54 Å². The number of aromatic nitrogens is 3. The Morgan fingerprint density at radius 3 is 2.87 bits per heavy atom. The van der Waals surface area contributed by atoms with Crippen LogP contribution in [-0.4, -0.2) is 16.0 Å². The molecule has 1 heterocycles. The van der Waals surface area contributed by atoms with Crippen LogP contribution in [0.4, 0.5) is 0 Å². The molecule has 0 atom stereocenters. The Hall–Kier alpha value is -1.97. The SMILES string of the molecule is CCn1c[n+](/N=C/c2ccccc2)cn1. The zero-order valence-electron chi connectivity index (χ0n) is 8.61. The van der Waals surface area contributed by atoms with Gasteiger partial charge in [0.25, 0.3) is 6.33 Å². The summed E-state index contributed by atoms with van der Waals surface area (Å²) < 4.78 is 3.51. The average molecular weight is 201 g/mol. The van der Waals surface area contributed by atoms with E-state index in [0.717, 1.165) is 12.1 Å². The maximum Gasteiger partial charge on any atom is 0.288 e. The first-order valence-electron chi connectivity index (χ1n) is 4.91. The van der Waals surface area contributed by atoms with Crippen LogP contribution in [0.15, 0.2) is 48.1 Å². The van der Waals surface area contributed by atoms with Gasteiger partial charge in [-0.1, -0.05) is 30.3 Å². The highest BCUT2D eigenvalue weighted by molar-refractivity contribution is 5.78. The van der Waals surface area contributed by atoms with Gasteiger partial charge in [0.15, 0.2) is 0 Å². The molecule has 0 aliphatic heterocycles. The minimum Gasteiger partial charge on any atom is -0.113 e. The lowest BCUT2D eigenvalue weighted by atomic mass is 10.2. The number of hydrogen-bond donors (Lipinski definition) is 0. The Kier molecular flexibility index (Phi) is 2.88. The number of aryl methyl sites for hydroxylation is 1. The molecule has 1 aromatic heterocycles. The molecule has 0 spiro atoms. The summed E-state index contributed by atoms with van der Waals surface area (Å²) in [6.07, 6.45) is 5.34.